The number of hydrogen-bond acceptors (Lipinski definition) is 4. The Morgan fingerprint density at radius 2 is 1.75 bits per heavy atom. The van der Waals surface area contributed by atoms with Crippen LogP contribution in [-0.4, -0.2) is 56.9 Å². The number of pyridine rings is 1. The molecule has 0 radical (unpaired) electrons. The van der Waals surface area contributed by atoms with Crippen molar-refractivity contribution in [3.05, 3.63) is 91.0 Å². The zero-order valence-electron chi connectivity index (χ0n) is 19.8. The molecule has 1 fully saturated rings. The summed E-state index contributed by atoms with van der Waals surface area (Å²) in [6, 6.07) is 20.3. The topological polar surface area (TPSA) is 90.9 Å². The molecule has 0 saturated carbocycles. The molecule has 0 spiro atoms. The van der Waals surface area contributed by atoms with Gasteiger partial charge in [0.05, 0.1) is 12.7 Å². The van der Waals surface area contributed by atoms with E-state index in [1.807, 2.05) is 70.6 Å². The van der Waals surface area contributed by atoms with Gasteiger partial charge in [0, 0.05) is 72.5 Å². The minimum Gasteiger partial charge on any atom is -0.346 e. The first-order chi connectivity index (χ1) is 17.7. The van der Waals surface area contributed by atoms with Crippen molar-refractivity contribution >= 4 is 22.8 Å². The maximum Gasteiger partial charge on any atom is 0.321 e. The monoisotopic (exact) mass is 477 g/mol. The number of nitrogens with zero attached hydrogens (tertiary/aromatic N) is 4. The van der Waals surface area contributed by atoms with Gasteiger partial charge in [-0.3, -0.25) is 4.68 Å². The van der Waals surface area contributed by atoms with Crippen molar-refractivity contribution in [2.45, 2.75) is 6.54 Å². The Hall–Kier alpha value is -4.43. The van der Waals surface area contributed by atoms with E-state index in [0.717, 1.165) is 71.7 Å². The molecule has 1 aliphatic heterocycles. The van der Waals surface area contributed by atoms with E-state index in [4.69, 9.17) is 0 Å². The van der Waals surface area contributed by atoms with Crippen molar-refractivity contribution in [2.24, 2.45) is 0 Å². The fourth-order valence-electron chi connectivity index (χ4n) is 4.58. The van der Waals surface area contributed by atoms with Gasteiger partial charge in [0.15, 0.2) is 0 Å². The number of nitrogens with one attached hydrogen (secondary N) is 3. The van der Waals surface area contributed by atoms with Gasteiger partial charge in [0.25, 0.3) is 0 Å². The van der Waals surface area contributed by atoms with E-state index < -0.39 is 0 Å². The highest BCUT2D eigenvalue weighted by Crippen LogP contribution is 2.31. The van der Waals surface area contributed by atoms with E-state index in [-0.39, 0.29) is 6.03 Å². The van der Waals surface area contributed by atoms with Crippen LogP contribution in [0.3, 0.4) is 0 Å². The summed E-state index contributed by atoms with van der Waals surface area (Å²) in [7, 11) is 0. The summed E-state index contributed by atoms with van der Waals surface area (Å²) in [5.41, 5.74) is 6.99. The molecule has 3 aromatic heterocycles. The lowest BCUT2D eigenvalue weighted by atomic mass is 10.0. The van der Waals surface area contributed by atoms with Gasteiger partial charge in [0.1, 0.15) is 5.65 Å². The molecule has 8 nitrogen and oxygen atoms in total. The minimum atomic E-state index is -0.0582. The standard InChI is InChI=1S/C28H27N7O/c36-28(34-12-10-29-11-13-34)33-24-8-6-21(7-9-24)22-14-25-26(17-31-27(25)30-15-22)23-16-32-35(19-23)18-20-4-2-1-3-5-20/h1-9,14-17,19,29H,10-13,18H2,(H,30,31)(H,33,36). The van der Waals surface area contributed by atoms with E-state index in [0.29, 0.717) is 0 Å². The van der Waals surface area contributed by atoms with Crippen molar-refractivity contribution in [1.82, 2.24) is 30.0 Å². The normalized spacial score (nSPS) is 13.7. The number of carbonyl (C=O) groups is 1. The Kier molecular flexibility index (Phi) is 5.93. The number of anilines is 1. The quantitative estimate of drug-likeness (QED) is 0.346. The molecule has 1 saturated heterocycles. The lowest BCUT2D eigenvalue weighted by Gasteiger charge is -2.27. The van der Waals surface area contributed by atoms with Crippen LogP contribution >= 0.6 is 0 Å². The van der Waals surface area contributed by atoms with Crippen LogP contribution in [0, 0.1) is 0 Å². The van der Waals surface area contributed by atoms with Gasteiger partial charge in [0.2, 0.25) is 0 Å². The minimum absolute atomic E-state index is 0.0582. The van der Waals surface area contributed by atoms with Gasteiger partial charge in [-0.1, -0.05) is 42.5 Å². The van der Waals surface area contributed by atoms with Crippen LogP contribution in [0.4, 0.5) is 10.5 Å². The zero-order valence-corrected chi connectivity index (χ0v) is 19.8. The van der Waals surface area contributed by atoms with Gasteiger partial charge in [-0.2, -0.15) is 5.10 Å². The Labute approximate surface area is 209 Å². The second kappa shape index (κ2) is 9.67. The third-order valence-electron chi connectivity index (χ3n) is 6.54. The van der Waals surface area contributed by atoms with E-state index in [1.54, 1.807) is 0 Å². The number of aromatic nitrogens is 4. The number of rotatable bonds is 5. The van der Waals surface area contributed by atoms with Crippen molar-refractivity contribution in [3.63, 3.8) is 0 Å². The largest absolute Gasteiger partial charge is 0.346 e. The number of benzene rings is 2. The van der Waals surface area contributed by atoms with Crippen LogP contribution in [-0.2, 0) is 6.54 Å². The average molecular weight is 478 g/mol. The fraction of sp³-hybridized carbons (Fsp3) is 0.179. The zero-order chi connectivity index (χ0) is 24.3. The SMILES string of the molecule is O=C(Nc1ccc(-c2cnc3[nH]cc(-c4cnn(Cc5ccccc5)c4)c3c2)cc1)N1CCNCC1. The van der Waals surface area contributed by atoms with Crippen LogP contribution in [0.1, 0.15) is 5.56 Å². The number of urea groups is 1. The first-order valence-corrected chi connectivity index (χ1v) is 12.1. The highest BCUT2D eigenvalue weighted by atomic mass is 16.2. The number of piperazine rings is 1. The molecule has 0 aliphatic carbocycles. The molecular weight excluding hydrogens is 450 g/mol. The summed E-state index contributed by atoms with van der Waals surface area (Å²) >= 11 is 0. The molecule has 2 aromatic carbocycles. The van der Waals surface area contributed by atoms with E-state index >= 15 is 0 Å². The highest BCUT2D eigenvalue weighted by Gasteiger charge is 2.16. The van der Waals surface area contributed by atoms with Gasteiger partial charge in [-0.25, -0.2) is 9.78 Å². The van der Waals surface area contributed by atoms with Gasteiger partial charge < -0.3 is 20.5 Å². The Morgan fingerprint density at radius 1 is 0.944 bits per heavy atom. The number of H-pyrrole nitrogens is 1. The number of carbonyl (C=O) groups excluding carboxylic acids is 1. The summed E-state index contributed by atoms with van der Waals surface area (Å²) in [5, 5.41) is 11.9. The molecule has 36 heavy (non-hydrogen) atoms. The average Bonchev–Trinajstić information content (AvgIpc) is 3.56. The fourth-order valence-corrected chi connectivity index (χ4v) is 4.58. The summed E-state index contributed by atoms with van der Waals surface area (Å²) in [6.45, 7) is 3.83. The summed E-state index contributed by atoms with van der Waals surface area (Å²) < 4.78 is 1.95. The first kappa shape index (κ1) is 22.1. The van der Waals surface area contributed by atoms with Crippen LogP contribution in [0.25, 0.3) is 33.3 Å². The second-order valence-electron chi connectivity index (χ2n) is 8.98. The maximum atomic E-state index is 12.5. The van der Waals surface area contributed by atoms with Gasteiger partial charge in [-0.05, 0) is 29.3 Å². The van der Waals surface area contributed by atoms with Crippen LogP contribution in [0.5, 0.6) is 0 Å². The molecule has 0 bridgehead atoms. The van der Waals surface area contributed by atoms with Crippen LogP contribution < -0.4 is 10.6 Å². The van der Waals surface area contributed by atoms with Crippen molar-refractivity contribution in [3.8, 4) is 22.3 Å². The molecule has 2 amide bonds. The number of amides is 2. The summed E-state index contributed by atoms with van der Waals surface area (Å²) in [4.78, 5) is 22.2. The number of hydrogen-bond donors (Lipinski definition) is 3. The molecule has 5 aromatic rings. The first-order valence-electron chi connectivity index (χ1n) is 12.1. The summed E-state index contributed by atoms with van der Waals surface area (Å²) in [6.07, 6.45) is 7.82. The van der Waals surface area contributed by atoms with Crippen LogP contribution in [0.15, 0.2) is 85.5 Å². The van der Waals surface area contributed by atoms with Crippen molar-refractivity contribution in [2.75, 3.05) is 31.5 Å². The molecule has 0 atom stereocenters. The van der Waals surface area contributed by atoms with Crippen molar-refractivity contribution in [1.29, 1.82) is 0 Å². The third kappa shape index (κ3) is 4.58. The van der Waals surface area contributed by atoms with Crippen molar-refractivity contribution < 1.29 is 4.79 Å². The van der Waals surface area contributed by atoms with E-state index in [1.165, 1.54) is 5.56 Å². The van der Waals surface area contributed by atoms with Crippen LogP contribution in [0.2, 0.25) is 0 Å². The van der Waals surface area contributed by atoms with E-state index in [9.17, 15) is 4.79 Å². The molecular formula is C28H27N7O. The number of aromatic amines is 1. The Bertz CT molecular complexity index is 1480. The lowest BCUT2D eigenvalue weighted by Crippen LogP contribution is -2.48. The maximum absolute atomic E-state index is 12.5. The lowest BCUT2D eigenvalue weighted by molar-refractivity contribution is 0.204. The van der Waals surface area contributed by atoms with Gasteiger partial charge in [-0.15, -0.1) is 0 Å². The Balaban J connectivity index is 1.21. The smallest absolute Gasteiger partial charge is 0.321 e. The molecule has 0 unspecified atom stereocenters. The second-order valence-corrected chi connectivity index (χ2v) is 8.98. The summed E-state index contributed by atoms with van der Waals surface area (Å²) in [5.74, 6) is 0. The highest BCUT2D eigenvalue weighted by molar-refractivity contribution is 5.95. The molecule has 6 rings (SSSR count). The molecule has 3 N–H and O–H groups in total. The van der Waals surface area contributed by atoms with E-state index in [2.05, 4.69) is 50.1 Å². The predicted molar refractivity (Wildman–Crippen MR) is 142 cm³/mol. The van der Waals surface area contributed by atoms with Gasteiger partial charge >= 0.3 is 6.03 Å². The predicted octanol–water partition coefficient (Wildman–Crippen LogP) is 4.58. The third-order valence-corrected chi connectivity index (χ3v) is 6.54. The Morgan fingerprint density at radius 3 is 2.56 bits per heavy atom. The molecule has 4 heterocycles. The molecule has 1 aliphatic rings. The molecule has 8 heteroatoms. The molecule has 180 valence electrons. The number of fused-ring (bicyclic) bond motifs is 1.